The van der Waals surface area contributed by atoms with E-state index in [2.05, 4.69) is 53.1 Å². The minimum absolute atomic E-state index is 0.0137. The summed E-state index contributed by atoms with van der Waals surface area (Å²) >= 11 is 18.7. The van der Waals surface area contributed by atoms with Crippen LogP contribution in [0.4, 0.5) is 0 Å². The number of benzene rings is 4. The second-order valence-corrected chi connectivity index (χ2v) is 12.2. The fraction of sp³-hybridized carbons (Fsp3) is 0.0588. The van der Waals surface area contributed by atoms with E-state index in [1.165, 1.54) is 12.2 Å². The molecule has 4 rings (SSSR count). The van der Waals surface area contributed by atoms with E-state index < -0.39 is 23.6 Å². The zero-order chi connectivity index (χ0) is 33.1. The molecule has 0 unspecified atom stereocenters. The van der Waals surface area contributed by atoms with Crippen LogP contribution in [0.5, 0.6) is 0 Å². The molecule has 0 saturated carbocycles. The van der Waals surface area contributed by atoms with Crippen LogP contribution in [0.25, 0.3) is 12.2 Å². The van der Waals surface area contributed by atoms with Crippen LogP contribution >= 0.6 is 55.1 Å². The minimum Gasteiger partial charge on any atom is -0.349 e. The number of carbonyl (C=O) groups is 4. The molecule has 12 heteroatoms. The number of hydrogen-bond donors (Lipinski definition) is 4. The van der Waals surface area contributed by atoms with Crippen molar-refractivity contribution in [1.82, 2.24) is 21.3 Å². The lowest BCUT2D eigenvalue weighted by molar-refractivity contribution is -0.119. The number of hydrogen-bond acceptors (Lipinski definition) is 4. The third kappa shape index (κ3) is 10.1. The van der Waals surface area contributed by atoms with Crippen LogP contribution < -0.4 is 21.3 Å². The SMILES string of the molecule is O=C(NCCNC(=O)/C(=C/c1ccc(Cl)cc1)NC(=O)c1ccccc1Br)/C(=C/c1ccc(Cl)cc1)NC(=O)c1ccccc1Br. The maximum absolute atomic E-state index is 13.2. The van der Waals surface area contributed by atoms with Gasteiger partial charge in [0.25, 0.3) is 23.6 Å². The Morgan fingerprint density at radius 1 is 0.543 bits per heavy atom. The van der Waals surface area contributed by atoms with Gasteiger partial charge in [0, 0.05) is 32.1 Å². The third-order valence-corrected chi connectivity index (χ3v) is 8.17. The summed E-state index contributed by atoms with van der Waals surface area (Å²) < 4.78 is 1.13. The zero-order valence-electron chi connectivity index (χ0n) is 24.0. The second kappa shape index (κ2) is 16.9. The van der Waals surface area contributed by atoms with E-state index in [0.29, 0.717) is 41.2 Å². The molecule has 0 saturated heterocycles. The summed E-state index contributed by atoms with van der Waals surface area (Å²) in [5, 5.41) is 11.8. The van der Waals surface area contributed by atoms with Gasteiger partial charge in [0.2, 0.25) is 0 Å². The van der Waals surface area contributed by atoms with Gasteiger partial charge in [0.15, 0.2) is 0 Å². The quantitative estimate of drug-likeness (QED) is 0.0970. The van der Waals surface area contributed by atoms with E-state index >= 15 is 0 Å². The molecule has 0 aliphatic rings. The largest absolute Gasteiger partial charge is 0.349 e. The maximum atomic E-state index is 13.2. The first-order valence-electron chi connectivity index (χ1n) is 13.7. The molecule has 0 radical (unpaired) electrons. The molecule has 0 spiro atoms. The predicted octanol–water partition coefficient (Wildman–Crippen LogP) is 6.99. The first-order chi connectivity index (χ1) is 22.1. The highest BCUT2D eigenvalue weighted by molar-refractivity contribution is 9.10. The molecule has 0 aliphatic carbocycles. The fourth-order valence-electron chi connectivity index (χ4n) is 3.98. The smallest absolute Gasteiger partial charge is 0.267 e. The number of nitrogens with one attached hydrogen (secondary N) is 4. The minimum atomic E-state index is -0.580. The van der Waals surface area contributed by atoms with Gasteiger partial charge in [-0.15, -0.1) is 0 Å². The normalized spacial score (nSPS) is 11.4. The van der Waals surface area contributed by atoms with Crippen LogP contribution in [0, 0.1) is 0 Å². The van der Waals surface area contributed by atoms with Gasteiger partial charge in [-0.1, -0.05) is 71.7 Å². The molecule has 4 aromatic carbocycles. The van der Waals surface area contributed by atoms with Crippen LogP contribution in [0.3, 0.4) is 0 Å². The molecule has 0 atom stereocenters. The van der Waals surface area contributed by atoms with Gasteiger partial charge in [0.05, 0.1) is 11.1 Å². The summed E-state index contributed by atoms with van der Waals surface area (Å²) in [5.74, 6) is -2.14. The van der Waals surface area contributed by atoms with E-state index in [9.17, 15) is 19.2 Å². The summed E-state index contributed by atoms with van der Waals surface area (Å²) in [6, 6.07) is 27.1. The topological polar surface area (TPSA) is 116 Å². The summed E-state index contributed by atoms with van der Waals surface area (Å²) in [7, 11) is 0. The molecule has 4 aromatic rings. The molecule has 8 nitrogen and oxygen atoms in total. The van der Waals surface area contributed by atoms with Gasteiger partial charge in [-0.05, 0) is 104 Å². The number of amides is 4. The molecule has 0 fully saturated rings. The Labute approximate surface area is 292 Å². The number of rotatable bonds is 11. The molecule has 4 amide bonds. The highest BCUT2D eigenvalue weighted by Gasteiger charge is 2.18. The summed E-state index contributed by atoms with van der Waals surface area (Å²) in [6.45, 7) is 0.0275. The van der Waals surface area contributed by atoms with Crippen molar-refractivity contribution in [1.29, 1.82) is 0 Å². The Hall–Kier alpha value is -4.22. The van der Waals surface area contributed by atoms with Gasteiger partial charge < -0.3 is 21.3 Å². The zero-order valence-corrected chi connectivity index (χ0v) is 28.6. The first-order valence-corrected chi connectivity index (χ1v) is 16.1. The summed E-state index contributed by atoms with van der Waals surface area (Å²) in [4.78, 5) is 52.5. The van der Waals surface area contributed by atoms with Crippen molar-refractivity contribution in [3.63, 3.8) is 0 Å². The average Bonchev–Trinajstić information content (AvgIpc) is 3.04. The molecule has 0 heterocycles. The summed E-state index contributed by atoms with van der Waals surface area (Å²) in [5.41, 5.74) is 1.92. The molecular weight excluding hydrogens is 759 g/mol. The van der Waals surface area contributed by atoms with Crippen LogP contribution in [-0.4, -0.2) is 36.7 Å². The Balaban J connectivity index is 1.45. The highest BCUT2D eigenvalue weighted by atomic mass is 79.9. The van der Waals surface area contributed by atoms with Crippen molar-refractivity contribution in [3.05, 3.63) is 150 Å². The first kappa shape index (κ1) is 34.6. The van der Waals surface area contributed by atoms with Crippen molar-refractivity contribution < 1.29 is 19.2 Å². The lowest BCUT2D eigenvalue weighted by Gasteiger charge is -2.14. The number of carbonyl (C=O) groups excluding carboxylic acids is 4. The lowest BCUT2D eigenvalue weighted by Crippen LogP contribution is -2.41. The predicted molar refractivity (Wildman–Crippen MR) is 188 cm³/mol. The monoisotopic (exact) mass is 782 g/mol. The molecule has 4 N–H and O–H groups in total. The van der Waals surface area contributed by atoms with Crippen LogP contribution in [0.1, 0.15) is 31.8 Å². The van der Waals surface area contributed by atoms with Crippen molar-refractivity contribution in [2.75, 3.05) is 13.1 Å². The van der Waals surface area contributed by atoms with E-state index in [1.54, 1.807) is 97.1 Å². The Bertz CT molecular complexity index is 1680. The van der Waals surface area contributed by atoms with Gasteiger partial charge in [0.1, 0.15) is 11.4 Å². The van der Waals surface area contributed by atoms with E-state index in [-0.39, 0.29) is 24.5 Å². The van der Waals surface area contributed by atoms with Gasteiger partial charge in [-0.3, -0.25) is 19.2 Å². The molecule has 0 aromatic heterocycles. The van der Waals surface area contributed by atoms with Crippen LogP contribution in [0.15, 0.2) is 117 Å². The molecular formula is C34H26Br2Cl2N4O4. The molecule has 234 valence electrons. The number of halogens is 4. The molecule has 0 bridgehead atoms. The summed E-state index contributed by atoms with van der Waals surface area (Å²) in [6.07, 6.45) is 3.03. The van der Waals surface area contributed by atoms with Crippen molar-refractivity contribution >= 4 is 90.8 Å². The van der Waals surface area contributed by atoms with Gasteiger partial charge >= 0.3 is 0 Å². The lowest BCUT2D eigenvalue weighted by atomic mass is 10.1. The molecule has 0 aliphatic heterocycles. The maximum Gasteiger partial charge on any atom is 0.267 e. The Morgan fingerprint density at radius 2 is 0.891 bits per heavy atom. The average molecular weight is 785 g/mol. The fourth-order valence-corrected chi connectivity index (χ4v) is 5.16. The van der Waals surface area contributed by atoms with Crippen molar-refractivity contribution in [3.8, 4) is 0 Å². The Morgan fingerprint density at radius 3 is 1.24 bits per heavy atom. The van der Waals surface area contributed by atoms with Crippen LogP contribution in [-0.2, 0) is 9.59 Å². The van der Waals surface area contributed by atoms with Crippen molar-refractivity contribution in [2.45, 2.75) is 0 Å². The van der Waals surface area contributed by atoms with Crippen molar-refractivity contribution in [2.24, 2.45) is 0 Å². The Kier molecular flexibility index (Phi) is 12.7. The van der Waals surface area contributed by atoms with Crippen LogP contribution in [0.2, 0.25) is 10.0 Å². The molecule has 46 heavy (non-hydrogen) atoms. The van der Waals surface area contributed by atoms with E-state index in [0.717, 1.165) is 0 Å². The van der Waals surface area contributed by atoms with Gasteiger partial charge in [-0.2, -0.15) is 0 Å². The highest BCUT2D eigenvalue weighted by Crippen LogP contribution is 2.19. The van der Waals surface area contributed by atoms with E-state index in [4.69, 9.17) is 23.2 Å². The van der Waals surface area contributed by atoms with E-state index in [1.807, 2.05) is 0 Å². The third-order valence-electron chi connectivity index (χ3n) is 6.28. The second-order valence-electron chi connectivity index (χ2n) is 9.60. The standard InChI is InChI=1S/C34H26Br2Cl2N4O4/c35-27-7-3-1-5-25(27)31(43)41-29(19-21-9-13-23(37)14-10-21)33(45)39-17-18-40-34(46)30(20-22-11-15-24(38)16-12-22)42-32(44)26-6-2-4-8-28(26)36/h1-16,19-20H,17-18H2,(H,39,45)(H,40,46)(H,41,43)(H,42,44)/b29-19-,30-20-. The van der Waals surface area contributed by atoms with Gasteiger partial charge in [-0.25, -0.2) is 0 Å².